The third kappa shape index (κ3) is 2.52. The van der Waals surface area contributed by atoms with E-state index in [-0.39, 0.29) is 11.2 Å². The molecule has 2 aliphatic heterocycles. The van der Waals surface area contributed by atoms with Gasteiger partial charge in [-0.25, -0.2) is 13.4 Å². The summed E-state index contributed by atoms with van der Waals surface area (Å²) in [4.78, 5) is 3.23. The van der Waals surface area contributed by atoms with Crippen LogP contribution in [0.3, 0.4) is 0 Å². The highest BCUT2D eigenvalue weighted by atomic mass is 32.2. The summed E-state index contributed by atoms with van der Waals surface area (Å²) in [6, 6.07) is 7.26. The fourth-order valence-corrected chi connectivity index (χ4v) is 8.51. The summed E-state index contributed by atoms with van der Waals surface area (Å²) in [7, 11) is -5.22. The Balaban J connectivity index is 1.96. The van der Waals surface area contributed by atoms with E-state index in [1.807, 2.05) is 24.1 Å². The number of hydrogen-bond donors (Lipinski definition) is 1. The van der Waals surface area contributed by atoms with Crippen LogP contribution in [0.15, 0.2) is 41.3 Å². The van der Waals surface area contributed by atoms with E-state index >= 15 is 0 Å². The van der Waals surface area contributed by atoms with Gasteiger partial charge in [-0.1, -0.05) is 49.5 Å². The molecule has 0 aromatic heterocycles. The molecule has 0 aliphatic carbocycles. The third-order valence-corrected chi connectivity index (χ3v) is 10.1. The highest BCUT2D eigenvalue weighted by Crippen LogP contribution is 2.52. The molecule has 0 amide bonds. The maximum atomic E-state index is 12.8. The second-order valence-electron chi connectivity index (χ2n) is 7.89. The predicted octanol–water partition coefficient (Wildman–Crippen LogP) is 3.23. The van der Waals surface area contributed by atoms with Gasteiger partial charge in [0.25, 0.3) is 10.0 Å². The second-order valence-corrected chi connectivity index (χ2v) is 14.9. The van der Waals surface area contributed by atoms with E-state index in [1.54, 1.807) is 12.1 Å². The zero-order chi connectivity index (χ0) is 17.0. The minimum atomic E-state index is -3.55. The van der Waals surface area contributed by atoms with E-state index < -0.39 is 18.1 Å². The number of nitrogens with zero attached hydrogens (tertiary/aromatic N) is 1. The molecule has 2 atom stereocenters. The van der Waals surface area contributed by atoms with E-state index in [9.17, 15) is 8.42 Å². The van der Waals surface area contributed by atoms with E-state index in [0.29, 0.717) is 4.90 Å². The van der Waals surface area contributed by atoms with Gasteiger partial charge < -0.3 is 0 Å². The van der Waals surface area contributed by atoms with Crippen molar-refractivity contribution < 1.29 is 8.42 Å². The number of hydrazine groups is 1. The minimum Gasteiger partial charge on any atom is -0.220 e. The smallest absolute Gasteiger partial charge is 0.220 e. The highest BCUT2D eigenvalue weighted by molar-refractivity contribution is 7.89. The van der Waals surface area contributed by atoms with Crippen LogP contribution in [0.25, 0.3) is 0 Å². The summed E-state index contributed by atoms with van der Waals surface area (Å²) in [5.74, 6) is 0. The van der Waals surface area contributed by atoms with Crippen LogP contribution in [0.1, 0.15) is 24.8 Å². The number of rotatable bonds is 4. The molecule has 0 radical (unpaired) electrons. The maximum Gasteiger partial charge on any atom is 0.253 e. The molecule has 2 saturated heterocycles. The molecule has 4 nitrogen and oxygen atoms in total. The van der Waals surface area contributed by atoms with Crippen LogP contribution < -0.4 is 4.83 Å². The molecular weight excluding hydrogens is 324 g/mol. The van der Waals surface area contributed by atoms with Crippen molar-refractivity contribution in [2.24, 2.45) is 0 Å². The fraction of sp³-hybridized carbons (Fsp3) is 0.529. The van der Waals surface area contributed by atoms with Gasteiger partial charge in [0, 0.05) is 11.2 Å². The predicted molar refractivity (Wildman–Crippen MR) is 96.2 cm³/mol. The van der Waals surface area contributed by atoms with Crippen LogP contribution >= 0.6 is 0 Å². The lowest BCUT2D eigenvalue weighted by molar-refractivity contribution is 0.194. The summed E-state index contributed by atoms with van der Waals surface area (Å²) in [6.45, 7) is 13.2. The van der Waals surface area contributed by atoms with Crippen molar-refractivity contribution in [2.45, 2.75) is 61.9 Å². The van der Waals surface area contributed by atoms with Gasteiger partial charge in [0.05, 0.1) is 13.0 Å². The van der Waals surface area contributed by atoms with Crippen molar-refractivity contribution in [1.29, 1.82) is 0 Å². The molecule has 1 N–H and O–H groups in total. The van der Waals surface area contributed by atoms with Crippen LogP contribution in [-0.4, -0.2) is 32.7 Å². The Labute approximate surface area is 140 Å². The molecule has 1 aromatic carbocycles. The number of benzene rings is 1. The van der Waals surface area contributed by atoms with Crippen molar-refractivity contribution >= 4 is 18.1 Å². The Kier molecular flexibility index (Phi) is 3.87. The Bertz CT molecular complexity index is 737. The normalized spacial score (nSPS) is 28.5. The quantitative estimate of drug-likeness (QED) is 0.670. The monoisotopic (exact) mass is 350 g/mol. The summed E-state index contributed by atoms with van der Waals surface area (Å²) in [5.41, 5.74) is 2.26. The largest absolute Gasteiger partial charge is 0.253 e. The molecule has 2 bridgehead atoms. The zero-order valence-corrected chi connectivity index (χ0v) is 16.2. The Morgan fingerprint density at radius 1 is 1.26 bits per heavy atom. The molecule has 6 heteroatoms. The van der Waals surface area contributed by atoms with Gasteiger partial charge in [-0.05, 0) is 38.3 Å². The fourth-order valence-electron chi connectivity index (χ4n) is 4.25. The molecule has 2 aliphatic rings. The van der Waals surface area contributed by atoms with Crippen molar-refractivity contribution in [1.82, 2.24) is 9.84 Å². The number of hydrogen-bond acceptors (Lipinski definition) is 3. The molecule has 23 heavy (non-hydrogen) atoms. The van der Waals surface area contributed by atoms with Gasteiger partial charge in [-0.2, -0.15) is 0 Å². The third-order valence-electron chi connectivity index (χ3n) is 5.47. The van der Waals surface area contributed by atoms with Gasteiger partial charge in [0.15, 0.2) is 0 Å². The minimum absolute atomic E-state index is 0.157. The first-order valence-electron chi connectivity index (χ1n) is 8.15. The lowest BCUT2D eigenvalue weighted by Crippen LogP contribution is -2.63. The number of fused-ring (bicyclic) bond motifs is 2. The van der Waals surface area contributed by atoms with Gasteiger partial charge in [-0.15, -0.1) is 4.83 Å². The topological polar surface area (TPSA) is 49.4 Å². The Morgan fingerprint density at radius 3 is 2.39 bits per heavy atom. The molecule has 2 unspecified atom stereocenters. The lowest BCUT2D eigenvalue weighted by Gasteiger charge is -2.45. The SMILES string of the molecule is C=C1CC2CCC1([Si](C)(C)C)N2NS(=O)(=O)c1ccc(C)cc1. The molecule has 2 fully saturated rings. The van der Waals surface area contributed by atoms with Gasteiger partial charge >= 0.3 is 0 Å². The summed E-state index contributed by atoms with van der Waals surface area (Å²) in [6.07, 6.45) is 2.96. The first-order valence-corrected chi connectivity index (χ1v) is 13.1. The van der Waals surface area contributed by atoms with Gasteiger partial charge in [0.2, 0.25) is 0 Å². The summed E-state index contributed by atoms with van der Waals surface area (Å²) in [5, 5.41) is 1.88. The van der Waals surface area contributed by atoms with Crippen LogP contribution in [0.5, 0.6) is 0 Å². The first-order chi connectivity index (χ1) is 10.6. The highest BCUT2D eigenvalue weighted by Gasteiger charge is 2.61. The van der Waals surface area contributed by atoms with Crippen LogP contribution in [0.4, 0.5) is 0 Å². The Hall–Kier alpha value is -0.953. The first kappa shape index (κ1) is 16.9. The van der Waals surface area contributed by atoms with Crippen LogP contribution in [0.2, 0.25) is 19.6 Å². The van der Waals surface area contributed by atoms with E-state index in [4.69, 9.17) is 0 Å². The van der Waals surface area contributed by atoms with Crippen molar-refractivity contribution in [2.75, 3.05) is 0 Å². The summed E-state index contributed by atoms with van der Waals surface area (Å²) < 4.78 is 25.7. The van der Waals surface area contributed by atoms with Crippen molar-refractivity contribution in [3.8, 4) is 0 Å². The zero-order valence-electron chi connectivity index (χ0n) is 14.4. The van der Waals surface area contributed by atoms with Crippen LogP contribution in [-0.2, 0) is 10.0 Å². The van der Waals surface area contributed by atoms with E-state index in [2.05, 4.69) is 31.1 Å². The standard InChI is InChI=1S/C17H26N2O2SSi/c1-13-6-8-16(9-7-13)22(20,21)18-19-15-10-11-17(19,14(2)12-15)23(3,4)5/h6-9,15,18H,2,10-12H2,1,3-5H3. The summed E-state index contributed by atoms with van der Waals surface area (Å²) >= 11 is 0. The lowest BCUT2D eigenvalue weighted by atomic mass is 9.95. The van der Waals surface area contributed by atoms with Crippen molar-refractivity contribution in [3.05, 3.63) is 42.0 Å². The molecule has 1 aromatic rings. The molecule has 126 valence electrons. The number of aryl methyl sites for hydroxylation is 1. The number of nitrogens with one attached hydrogen (secondary N) is 1. The molecular formula is C17H26N2O2SSi. The van der Waals surface area contributed by atoms with Gasteiger partial charge in [-0.3, -0.25) is 0 Å². The Morgan fingerprint density at radius 2 is 1.87 bits per heavy atom. The average Bonchev–Trinajstić information content (AvgIpc) is 2.90. The van der Waals surface area contributed by atoms with Gasteiger partial charge in [0.1, 0.15) is 0 Å². The van der Waals surface area contributed by atoms with Crippen molar-refractivity contribution in [3.63, 3.8) is 0 Å². The second kappa shape index (κ2) is 5.27. The number of sulfonamides is 1. The van der Waals surface area contributed by atoms with Crippen LogP contribution in [0, 0.1) is 6.92 Å². The molecule has 0 spiro atoms. The molecule has 2 heterocycles. The average molecular weight is 351 g/mol. The molecule has 0 saturated carbocycles. The van der Waals surface area contributed by atoms with E-state index in [0.717, 1.165) is 24.8 Å². The molecule has 3 rings (SSSR count). The van der Waals surface area contributed by atoms with E-state index in [1.165, 1.54) is 5.57 Å². The maximum absolute atomic E-state index is 12.8.